The zero-order chi connectivity index (χ0) is 21.9. The van der Waals surface area contributed by atoms with Gasteiger partial charge >= 0.3 is 4.87 Å². The Bertz CT molecular complexity index is 1070. The molecule has 0 atom stereocenters. The average Bonchev–Trinajstić information content (AvgIpc) is 3.01. The summed E-state index contributed by atoms with van der Waals surface area (Å²) in [6.45, 7) is 6.28. The first-order valence-electron chi connectivity index (χ1n) is 9.94. The number of aromatic nitrogens is 1. The molecule has 1 amide bonds. The first-order chi connectivity index (χ1) is 14.2. The van der Waals surface area contributed by atoms with Gasteiger partial charge in [-0.3, -0.25) is 14.2 Å². The van der Waals surface area contributed by atoms with Gasteiger partial charge in [0.2, 0.25) is 15.9 Å². The molecule has 1 fully saturated rings. The molecule has 164 valence electrons. The number of piperidine rings is 1. The highest BCUT2D eigenvalue weighted by atomic mass is 32.2. The number of ether oxygens (including phenoxy) is 1. The molecule has 0 aliphatic carbocycles. The summed E-state index contributed by atoms with van der Waals surface area (Å²) in [5, 5.41) is 4.41. The lowest BCUT2D eigenvalue weighted by molar-refractivity contribution is -0.116. The number of nitrogens with one attached hydrogen (secondary N) is 1. The summed E-state index contributed by atoms with van der Waals surface area (Å²) in [4.78, 5) is 24.4. The molecule has 3 rings (SSSR count). The van der Waals surface area contributed by atoms with Gasteiger partial charge in [0.15, 0.2) is 0 Å². The number of benzene rings is 1. The number of hydrogen-bond acceptors (Lipinski definition) is 6. The van der Waals surface area contributed by atoms with E-state index in [1.165, 1.54) is 21.0 Å². The predicted octanol–water partition coefficient (Wildman–Crippen LogP) is 2.82. The number of aryl methyl sites for hydroxylation is 1. The van der Waals surface area contributed by atoms with Crippen molar-refractivity contribution in [2.45, 2.75) is 57.6 Å². The Balaban J connectivity index is 1.89. The molecular weight excluding hydrogens is 426 g/mol. The zero-order valence-corrected chi connectivity index (χ0v) is 19.0. The van der Waals surface area contributed by atoms with Crippen LogP contribution in [0, 0.1) is 6.92 Å². The molecule has 1 aromatic carbocycles. The van der Waals surface area contributed by atoms with Gasteiger partial charge in [0.05, 0.1) is 16.7 Å². The van der Waals surface area contributed by atoms with Crippen LogP contribution in [0.3, 0.4) is 0 Å². The van der Waals surface area contributed by atoms with E-state index in [0.717, 1.165) is 30.6 Å². The van der Waals surface area contributed by atoms with Gasteiger partial charge in [-0.15, -0.1) is 0 Å². The fraction of sp³-hybridized carbons (Fsp3) is 0.500. The van der Waals surface area contributed by atoms with Crippen LogP contribution in [0.5, 0.6) is 5.75 Å². The lowest BCUT2D eigenvalue weighted by Gasteiger charge is -2.26. The third kappa shape index (κ3) is 5.11. The van der Waals surface area contributed by atoms with Crippen LogP contribution >= 0.6 is 11.3 Å². The van der Waals surface area contributed by atoms with Crippen molar-refractivity contribution < 1.29 is 17.9 Å². The number of carbonyl (C=O) groups is 1. The molecule has 0 spiro atoms. The van der Waals surface area contributed by atoms with Gasteiger partial charge in [-0.05, 0) is 51.8 Å². The molecule has 0 radical (unpaired) electrons. The van der Waals surface area contributed by atoms with Gasteiger partial charge < -0.3 is 10.1 Å². The molecule has 2 aromatic rings. The number of hydrogen-bond donors (Lipinski definition) is 1. The second kappa shape index (κ2) is 9.32. The molecule has 0 unspecified atom stereocenters. The minimum absolute atomic E-state index is 0.111. The maximum atomic E-state index is 13.0. The van der Waals surface area contributed by atoms with Crippen LogP contribution < -0.4 is 14.9 Å². The Kier molecular flexibility index (Phi) is 6.99. The highest BCUT2D eigenvalue weighted by Crippen LogP contribution is 2.31. The van der Waals surface area contributed by atoms with Gasteiger partial charge in [-0.1, -0.05) is 17.8 Å². The topological polar surface area (TPSA) is 97.7 Å². The van der Waals surface area contributed by atoms with E-state index in [9.17, 15) is 18.0 Å². The van der Waals surface area contributed by atoms with Crippen LogP contribution in [0.2, 0.25) is 0 Å². The molecule has 2 heterocycles. The summed E-state index contributed by atoms with van der Waals surface area (Å²) < 4.78 is 34.7. The maximum Gasteiger partial charge on any atom is 0.307 e. The highest BCUT2D eigenvalue weighted by molar-refractivity contribution is 7.89. The molecule has 0 saturated carbocycles. The van der Waals surface area contributed by atoms with Crippen LogP contribution in [0.25, 0.3) is 0 Å². The average molecular weight is 454 g/mol. The Morgan fingerprint density at radius 1 is 1.23 bits per heavy atom. The molecule has 1 N–H and O–H groups in total. The standard InChI is InChI=1S/C20H27N3O5S2/c1-14(2)28-18-8-7-16(30(26,27)22-9-5-4-6-10-22)11-17(18)21-19(24)12-23-15(3)13-29-20(23)25/h7-8,11,13-14H,4-6,9-10,12H2,1-3H3,(H,21,24). The van der Waals surface area contributed by atoms with Gasteiger partial charge in [-0.2, -0.15) is 4.31 Å². The molecule has 8 nitrogen and oxygen atoms in total. The van der Waals surface area contributed by atoms with Crippen molar-refractivity contribution in [2.75, 3.05) is 18.4 Å². The van der Waals surface area contributed by atoms with E-state index in [2.05, 4.69) is 5.32 Å². The van der Waals surface area contributed by atoms with Crippen LogP contribution in [-0.2, 0) is 21.4 Å². The van der Waals surface area contributed by atoms with Crippen molar-refractivity contribution in [2.24, 2.45) is 0 Å². The minimum atomic E-state index is -3.66. The summed E-state index contributed by atoms with van der Waals surface area (Å²) in [6.07, 6.45) is 2.54. The van der Waals surface area contributed by atoms with E-state index in [0.29, 0.717) is 24.5 Å². The summed E-state index contributed by atoms with van der Waals surface area (Å²) in [5.74, 6) is -0.0509. The normalized spacial score (nSPS) is 15.3. The van der Waals surface area contributed by atoms with E-state index in [4.69, 9.17) is 4.74 Å². The molecule has 30 heavy (non-hydrogen) atoms. The molecule has 10 heteroatoms. The summed E-state index contributed by atoms with van der Waals surface area (Å²) in [5.41, 5.74) is 0.966. The van der Waals surface area contributed by atoms with Crippen molar-refractivity contribution in [3.63, 3.8) is 0 Å². The Labute approximate surface area is 180 Å². The van der Waals surface area contributed by atoms with E-state index in [1.807, 2.05) is 13.8 Å². The lowest BCUT2D eigenvalue weighted by Crippen LogP contribution is -2.35. The Morgan fingerprint density at radius 2 is 1.93 bits per heavy atom. The van der Waals surface area contributed by atoms with Gasteiger partial charge in [-0.25, -0.2) is 8.42 Å². The fourth-order valence-electron chi connectivity index (χ4n) is 3.31. The Hall–Kier alpha value is -2.17. The number of anilines is 1. The summed E-state index contributed by atoms with van der Waals surface area (Å²) >= 11 is 1.03. The second-order valence-electron chi connectivity index (χ2n) is 7.57. The van der Waals surface area contributed by atoms with Crippen LogP contribution in [-0.4, -0.2) is 42.4 Å². The third-order valence-corrected chi connectivity index (χ3v) is 7.59. The van der Waals surface area contributed by atoms with Gasteiger partial charge in [0, 0.05) is 24.2 Å². The molecule has 1 saturated heterocycles. The van der Waals surface area contributed by atoms with E-state index < -0.39 is 15.9 Å². The van der Waals surface area contributed by atoms with E-state index >= 15 is 0 Å². The first kappa shape index (κ1) is 22.5. The number of sulfonamides is 1. The summed E-state index contributed by atoms with van der Waals surface area (Å²) in [7, 11) is -3.66. The highest BCUT2D eigenvalue weighted by Gasteiger charge is 2.27. The van der Waals surface area contributed by atoms with E-state index in [1.54, 1.807) is 18.4 Å². The largest absolute Gasteiger partial charge is 0.489 e. The van der Waals surface area contributed by atoms with Gasteiger partial charge in [0.25, 0.3) is 0 Å². The molecular formula is C20H27N3O5S2. The van der Waals surface area contributed by atoms with Gasteiger partial charge in [0.1, 0.15) is 12.3 Å². The first-order valence-corrected chi connectivity index (χ1v) is 12.3. The molecule has 1 aliphatic heterocycles. The molecule has 1 aliphatic rings. The van der Waals surface area contributed by atoms with E-state index in [-0.39, 0.29) is 28.1 Å². The zero-order valence-electron chi connectivity index (χ0n) is 17.4. The second-order valence-corrected chi connectivity index (χ2v) is 10.3. The number of carbonyl (C=O) groups excluding carboxylic acids is 1. The minimum Gasteiger partial charge on any atom is -0.489 e. The van der Waals surface area contributed by atoms with Crippen molar-refractivity contribution in [3.05, 3.63) is 38.9 Å². The molecule has 0 bridgehead atoms. The van der Waals surface area contributed by atoms with Crippen LogP contribution in [0.15, 0.2) is 33.3 Å². The van der Waals surface area contributed by atoms with Crippen LogP contribution in [0.4, 0.5) is 5.69 Å². The number of amides is 1. The monoisotopic (exact) mass is 453 g/mol. The lowest BCUT2D eigenvalue weighted by atomic mass is 10.2. The SMILES string of the molecule is Cc1csc(=O)n1CC(=O)Nc1cc(S(=O)(=O)N2CCCCC2)ccc1OC(C)C. The van der Waals surface area contributed by atoms with Crippen molar-refractivity contribution in [3.8, 4) is 5.75 Å². The van der Waals surface area contributed by atoms with Crippen molar-refractivity contribution in [1.29, 1.82) is 0 Å². The fourth-order valence-corrected chi connectivity index (χ4v) is 5.59. The smallest absolute Gasteiger partial charge is 0.307 e. The Morgan fingerprint density at radius 3 is 2.53 bits per heavy atom. The number of nitrogens with zero attached hydrogens (tertiary/aromatic N) is 2. The summed E-state index contributed by atoms with van der Waals surface area (Å²) in [6, 6.07) is 4.50. The van der Waals surface area contributed by atoms with Crippen molar-refractivity contribution >= 4 is 33.0 Å². The third-order valence-electron chi connectivity index (χ3n) is 4.82. The quantitative estimate of drug-likeness (QED) is 0.695. The molecule has 1 aromatic heterocycles. The predicted molar refractivity (Wildman–Crippen MR) is 117 cm³/mol. The maximum absolute atomic E-state index is 13.0. The van der Waals surface area contributed by atoms with Crippen LogP contribution in [0.1, 0.15) is 38.8 Å². The number of rotatable bonds is 7. The van der Waals surface area contributed by atoms with Crippen molar-refractivity contribution in [1.82, 2.24) is 8.87 Å². The number of thiazole rings is 1.